The molecule has 1 fully saturated rings. The van der Waals surface area contributed by atoms with Gasteiger partial charge in [0.05, 0.1) is 18.6 Å². The van der Waals surface area contributed by atoms with E-state index >= 15 is 0 Å². The number of nitrogen functional groups attached to an aromatic ring is 1. The molecule has 0 amide bonds. The van der Waals surface area contributed by atoms with E-state index in [9.17, 15) is 9.90 Å². The number of ether oxygens (including phenoxy) is 1. The van der Waals surface area contributed by atoms with E-state index in [1.807, 2.05) is 6.07 Å². The number of carboxylic acids is 1. The second-order valence-electron chi connectivity index (χ2n) is 5.54. The summed E-state index contributed by atoms with van der Waals surface area (Å²) in [6, 6.07) is 5.44. The van der Waals surface area contributed by atoms with E-state index in [0.717, 1.165) is 4.90 Å². The van der Waals surface area contributed by atoms with Crippen LogP contribution in [0.1, 0.15) is 25.7 Å². The van der Waals surface area contributed by atoms with E-state index in [2.05, 4.69) is 0 Å². The third kappa shape index (κ3) is 4.04. The van der Waals surface area contributed by atoms with E-state index in [1.165, 1.54) is 11.8 Å². The second kappa shape index (κ2) is 6.58. The van der Waals surface area contributed by atoms with Crippen molar-refractivity contribution in [2.45, 2.75) is 36.2 Å². The zero-order valence-corrected chi connectivity index (χ0v) is 12.9. The van der Waals surface area contributed by atoms with Gasteiger partial charge in [0, 0.05) is 22.4 Å². The first-order valence-electron chi connectivity index (χ1n) is 6.95. The normalized spacial score (nSPS) is 25.5. The summed E-state index contributed by atoms with van der Waals surface area (Å²) >= 11 is 1.52. The SMILES string of the molecule is COc1cc(N)ccc1SCC1(O)CCC(C(=O)O)CC1. The van der Waals surface area contributed by atoms with Crippen LogP contribution in [0.3, 0.4) is 0 Å². The molecule has 0 atom stereocenters. The number of methoxy groups -OCH3 is 1. The van der Waals surface area contributed by atoms with Crippen LogP contribution in [0.25, 0.3) is 0 Å². The Bertz CT molecular complexity index is 512. The highest BCUT2D eigenvalue weighted by Crippen LogP contribution is 2.38. The number of anilines is 1. The molecule has 1 aromatic carbocycles. The molecule has 2 rings (SSSR count). The van der Waals surface area contributed by atoms with Gasteiger partial charge in [-0.05, 0) is 37.8 Å². The summed E-state index contributed by atoms with van der Waals surface area (Å²) in [5.74, 6) is 0.147. The van der Waals surface area contributed by atoms with Crippen molar-refractivity contribution in [2.24, 2.45) is 5.92 Å². The lowest BCUT2D eigenvalue weighted by molar-refractivity contribution is -0.144. The molecule has 0 heterocycles. The van der Waals surface area contributed by atoms with Gasteiger partial charge in [0.25, 0.3) is 0 Å². The average molecular weight is 311 g/mol. The van der Waals surface area contributed by atoms with Crippen molar-refractivity contribution in [3.8, 4) is 5.75 Å². The van der Waals surface area contributed by atoms with Crippen molar-refractivity contribution in [3.05, 3.63) is 18.2 Å². The third-order valence-corrected chi connectivity index (χ3v) is 5.28. The van der Waals surface area contributed by atoms with Crippen LogP contribution in [0.5, 0.6) is 5.75 Å². The van der Waals surface area contributed by atoms with Crippen LogP contribution in [0.15, 0.2) is 23.1 Å². The molecule has 1 aliphatic rings. The number of aliphatic hydroxyl groups is 1. The van der Waals surface area contributed by atoms with Crippen molar-refractivity contribution in [2.75, 3.05) is 18.6 Å². The molecule has 6 heteroatoms. The topological polar surface area (TPSA) is 92.8 Å². The fourth-order valence-electron chi connectivity index (χ4n) is 2.56. The number of hydrogen-bond donors (Lipinski definition) is 3. The maximum atomic E-state index is 10.9. The molecule has 0 aromatic heterocycles. The number of nitrogens with two attached hydrogens (primary N) is 1. The summed E-state index contributed by atoms with van der Waals surface area (Å²) in [6.45, 7) is 0. The Hall–Kier alpha value is -1.40. The Balaban J connectivity index is 1.95. The van der Waals surface area contributed by atoms with Crippen molar-refractivity contribution >= 4 is 23.4 Å². The summed E-state index contributed by atoms with van der Waals surface area (Å²) in [6.07, 6.45) is 2.11. The van der Waals surface area contributed by atoms with Gasteiger partial charge in [-0.25, -0.2) is 0 Å². The van der Waals surface area contributed by atoms with Crippen molar-refractivity contribution < 1.29 is 19.7 Å². The molecular formula is C15H21NO4S. The lowest BCUT2D eigenvalue weighted by Crippen LogP contribution is -2.38. The molecule has 116 valence electrons. The summed E-state index contributed by atoms with van der Waals surface area (Å²) in [5, 5.41) is 19.6. The molecular weight excluding hydrogens is 290 g/mol. The first-order chi connectivity index (χ1) is 9.93. The summed E-state index contributed by atoms with van der Waals surface area (Å²) in [7, 11) is 1.59. The number of aliphatic carboxylic acids is 1. The highest BCUT2D eigenvalue weighted by molar-refractivity contribution is 7.99. The van der Waals surface area contributed by atoms with Crippen LogP contribution in [-0.2, 0) is 4.79 Å². The van der Waals surface area contributed by atoms with Crippen LogP contribution >= 0.6 is 11.8 Å². The second-order valence-corrected chi connectivity index (χ2v) is 6.55. The van der Waals surface area contributed by atoms with E-state index in [4.69, 9.17) is 15.6 Å². The van der Waals surface area contributed by atoms with Crippen molar-refractivity contribution in [3.63, 3.8) is 0 Å². The number of hydrogen-bond acceptors (Lipinski definition) is 5. The van der Waals surface area contributed by atoms with E-state index in [1.54, 1.807) is 19.2 Å². The third-order valence-electron chi connectivity index (χ3n) is 3.95. The van der Waals surface area contributed by atoms with Crippen LogP contribution in [0.4, 0.5) is 5.69 Å². The minimum absolute atomic E-state index is 0.318. The molecule has 0 unspecified atom stereocenters. The maximum absolute atomic E-state index is 10.9. The molecule has 0 bridgehead atoms. The van der Waals surface area contributed by atoms with Gasteiger partial charge in [-0.2, -0.15) is 0 Å². The zero-order chi connectivity index (χ0) is 15.5. The standard InChI is InChI=1S/C15H21NO4S/c1-20-12-8-11(16)2-3-13(12)21-9-15(19)6-4-10(5-7-15)14(17)18/h2-3,8,10,19H,4-7,9,16H2,1H3,(H,17,18). The van der Waals surface area contributed by atoms with E-state index in [-0.39, 0.29) is 5.92 Å². The number of rotatable bonds is 5. The van der Waals surface area contributed by atoms with Gasteiger partial charge in [-0.3, -0.25) is 4.79 Å². The first-order valence-corrected chi connectivity index (χ1v) is 7.93. The maximum Gasteiger partial charge on any atom is 0.306 e. The number of thioether (sulfide) groups is 1. The molecule has 21 heavy (non-hydrogen) atoms. The predicted octanol–water partition coefficient (Wildman–Crippen LogP) is 2.38. The lowest BCUT2D eigenvalue weighted by Gasteiger charge is -2.34. The van der Waals surface area contributed by atoms with Crippen LogP contribution in [0, 0.1) is 5.92 Å². The Kier molecular flexibility index (Phi) is 5.00. The number of benzene rings is 1. The Labute approximate surface area is 128 Å². The monoisotopic (exact) mass is 311 g/mol. The minimum atomic E-state index is -0.803. The molecule has 0 radical (unpaired) electrons. The van der Waals surface area contributed by atoms with Gasteiger partial charge in [0.15, 0.2) is 0 Å². The highest BCUT2D eigenvalue weighted by Gasteiger charge is 2.35. The van der Waals surface area contributed by atoms with Gasteiger partial charge >= 0.3 is 5.97 Å². The summed E-state index contributed by atoms with van der Waals surface area (Å²) in [4.78, 5) is 11.9. The summed E-state index contributed by atoms with van der Waals surface area (Å²) < 4.78 is 5.29. The molecule has 5 nitrogen and oxygen atoms in total. The molecule has 1 saturated carbocycles. The van der Waals surface area contributed by atoms with Gasteiger partial charge in [-0.1, -0.05) is 0 Å². The van der Waals surface area contributed by atoms with Gasteiger partial charge in [0.1, 0.15) is 5.75 Å². The smallest absolute Gasteiger partial charge is 0.306 e. The fourth-order valence-corrected chi connectivity index (χ4v) is 3.72. The average Bonchev–Trinajstić information content (AvgIpc) is 2.46. The molecule has 0 aliphatic heterocycles. The van der Waals surface area contributed by atoms with Crippen LogP contribution in [0.2, 0.25) is 0 Å². The fraction of sp³-hybridized carbons (Fsp3) is 0.533. The quantitative estimate of drug-likeness (QED) is 0.571. The van der Waals surface area contributed by atoms with Gasteiger partial charge in [0.2, 0.25) is 0 Å². The van der Waals surface area contributed by atoms with Crippen molar-refractivity contribution in [1.82, 2.24) is 0 Å². The van der Waals surface area contributed by atoms with Crippen LogP contribution in [-0.4, -0.2) is 34.6 Å². The minimum Gasteiger partial charge on any atom is -0.496 e. The zero-order valence-electron chi connectivity index (χ0n) is 12.0. The van der Waals surface area contributed by atoms with E-state index in [0.29, 0.717) is 42.9 Å². The van der Waals surface area contributed by atoms with E-state index < -0.39 is 11.6 Å². The lowest BCUT2D eigenvalue weighted by atomic mass is 9.80. The van der Waals surface area contributed by atoms with Crippen LogP contribution < -0.4 is 10.5 Å². The predicted molar refractivity (Wildman–Crippen MR) is 82.7 cm³/mol. The van der Waals surface area contributed by atoms with Crippen molar-refractivity contribution in [1.29, 1.82) is 0 Å². The molecule has 0 saturated heterocycles. The van der Waals surface area contributed by atoms with Gasteiger partial charge < -0.3 is 20.7 Å². The molecule has 4 N–H and O–H groups in total. The molecule has 1 aliphatic carbocycles. The number of carboxylic acid groups (broad SMARTS) is 1. The molecule has 1 aromatic rings. The Morgan fingerprint density at radius 3 is 2.71 bits per heavy atom. The Morgan fingerprint density at radius 2 is 2.14 bits per heavy atom. The highest BCUT2D eigenvalue weighted by atomic mass is 32.2. The first kappa shape index (κ1) is 16.0. The van der Waals surface area contributed by atoms with Gasteiger partial charge in [-0.15, -0.1) is 11.8 Å². The number of carbonyl (C=O) groups is 1. The molecule has 0 spiro atoms. The largest absolute Gasteiger partial charge is 0.496 e. The summed E-state index contributed by atoms with van der Waals surface area (Å²) in [5.41, 5.74) is 5.55. The Morgan fingerprint density at radius 1 is 1.48 bits per heavy atom.